The topological polar surface area (TPSA) is 48.4 Å². The van der Waals surface area contributed by atoms with Gasteiger partial charge in [-0.1, -0.05) is 6.07 Å². The van der Waals surface area contributed by atoms with Crippen LogP contribution in [0.4, 0.5) is 0 Å². The van der Waals surface area contributed by atoms with Crippen LogP contribution in [0.25, 0.3) is 0 Å². The maximum atomic E-state index is 11.6. The highest BCUT2D eigenvalue weighted by Gasteiger charge is 2.21. The molecule has 2 aromatic rings. The number of esters is 1. The second-order valence-corrected chi connectivity index (χ2v) is 5.14. The van der Waals surface area contributed by atoms with Gasteiger partial charge in [0.1, 0.15) is 11.9 Å². The highest BCUT2D eigenvalue weighted by molar-refractivity contribution is 5.89. The van der Waals surface area contributed by atoms with Crippen LogP contribution in [0, 0.1) is 0 Å². The Hall–Kier alpha value is -2.36. The summed E-state index contributed by atoms with van der Waals surface area (Å²) < 4.78 is 10.7. The first-order valence-corrected chi connectivity index (χ1v) is 7.03. The second kappa shape index (κ2) is 5.95. The molecule has 21 heavy (non-hydrogen) atoms. The van der Waals surface area contributed by atoms with E-state index in [0.717, 1.165) is 25.0 Å². The van der Waals surface area contributed by atoms with E-state index in [0.29, 0.717) is 5.56 Å². The summed E-state index contributed by atoms with van der Waals surface area (Å²) in [5.41, 5.74) is 3.07. The summed E-state index contributed by atoms with van der Waals surface area (Å²) >= 11 is 0. The number of aromatic nitrogens is 1. The number of nitrogens with zero attached hydrogens (tertiary/aromatic N) is 1. The van der Waals surface area contributed by atoms with E-state index in [4.69, 9.17) is 9.47 Å². The Balaban J connectivity index is 1.73. The van der Waals surface area contributed by atoms with Gasteiger partial charge in [-0.05, 0) is 48.2 Å². The minimum absolute atomic E-state index is 0.170. The van der Waals surface area contributed by atoms with Crippen LogP contribution in [0.3, 0.4) is 0 Å². The Morgan fingerprint density at radius 2 is 2.00 bits per heavy atom. The molecule has 0 spiro atoms. The smallest absolute Gasteiger partial charge is 0.337 e. The molecule has 0 N–H and O–H groups in total. The molecule has 1 aromatic carbocycles. The number of hydrogen-bond donors (Lipinski definition) is 0. The number of ether oxygens (including phenoxy) is 2. The monoisotopic (exact) mass is 283 g/mol. The number of carbonyl (C=O) groups excluding carboxylic acids is 1. The number of carbonyl (C=O) groups is 1. The maximum absolute atomic E-state index is 11.6. The molecule has 0 fully saturated rings. The molecule has 0 bridgehead atoms. The molecule has 1 unspecified atom stereocenters. The van der Waals surface area contributed by atoms with E-state index in [9.17, 15) is 4.79 Å². The molecule has 4 nitrogen and oxygen atoms in total. The van der Waals surface area contributed by atoms with Crippen LogP contribution in [0.2, 0.25) is 0 Å². The van der Waals surface area contributed by atoms with E-state index in [1.54, 1.807) is 12.4 Å². The van der Waals surface area contributed by atoms with Crippen molar-refractivity contribution < 1.29 is 14.3 Å². The standard InChI is InChI=1S/C17H17NO3/c1-20-17(19)14-3-2-13-11-16(5-4-12(13)10-14)21-15-6-8-18-9-7-15/h2-3,6-10,16H,4-5,11H2,1H3. The molecule has 0 saturated carbocycles. The Kier molecular flexibility index (Phi) is 3.86. The lowest BCUT2D eigenvalue weighted by molar-refractivity contribution is 0.0600. The fraction of sp³-hybridized carbons (Fsp3) is 0.294. The van der Waals surface area contributed by atoms with E-state index in [1.807, 2.05) is 30.3 Å². The van der Waals surface area contributed by atoms with E-state index >= 15 is 0 Å². The molecule has 1 heterocycles. The van der Waals surface area contributed by atoms with E-state index in [-0.39, 0.29) is 12.1 Å². The summed E-state index contributed by atoms with van der Waals surface area (Å²) in [6.07, 6.45) is 6.35. The highest BCUT2D eigenvalue weighted by Crippen LogP contribution is 2.26. The Labute approximate surface area is 123 Å². The fourth-order valence-corrected chi connectivity index (χ4v) is 2.68. The first kappa shape index (κ1) is 13.6. The first-order valence-electron chi connectivity index (χ1n) is 7.03. The lowest BCUT2D eigenvalue weighted by Gasteiger charge is -2.25. The zero-order valence-electron chi connectivity index (χ0n) is 11.9. The van der Waals surface area contributed by atoms with Crippen molar-refractivity contribution in [2.24, 2.45) is 0 Å². The van der Waals surface area contributed by atoms with Gasteiger partial charge in [0.2, 0.25) is 0 Å². The van der Waals surface area contributed by atoms with Crippen LogP contribution >= 0.6 is 0 Å². The first-order chi connectivity index (χ1) is 10.3. The summed E-state index contributed by atoms with van der Waals surface area (Å²) in [6.45, 7) is 0. The van der Waals surface area contributed by atoms with Crippen LogP contribution in [0.5, 0.6) is 5.75 Å². The van der Waals surface area contributed by atoms with Crippen molar-refractivity contribution in [3.8, 4) is 5.75 Å². The number of methoxy groups -OCH3 is 1. The van der Waals surface area contributed by atoms with Crippen LogP contribution < -0.4 is 4.74 Å². The van der Waals surface area contributed by atoms with Crippen molar-refractivity contribution in [3.05, 3.63) is 59.4 Å². The number of hydrogen-bond acceptors (Lipinski definition) is 4. The second-order valence-electron chi connectivity index (χ2n) is 5.14. The van der Waals surface area contributed by atoms with E-state index in [1.165, 1.54) is 18.2 Å². The van der Waals surface area contributed by atoms with Gasteiger partial charge in [-0.25, -0.2) is 4.79 Å². The van der Waals surface area contributed by atoms with Gasteiger partial charge in [-0.2, -0.15) is 0 Å². The predicted octanol–water partition coefficient (Wildman–Crippen LogP) is 2.80. The molecule has 1 aliphatic carbocycles. The van der Waals surface area contributed by atoms with Crippen molar-refractivity contribution in [3.63, 3.8) is 0 Å². The molecule has 108 valence electrons. The van der Waals surface area contributed by atoms with E-state index in [2.05, 4.69) is 4.98 Å². The molecule has 1 aliphatic rings. The summed E-state index contributed by atoms with van der Waals surface area (Å²) in [4.78, 5) is 15.5. The molecule has 3 rings (SSSR count). The summed E-state index contributed by atoms with van der Waals surface area (Å²) in [5.74, 6) is 0.567. The van der Waals surface area contributed by atoms with Gasteiger partial charge in [-0.15, -0.1) is 0 Å². The summed E-state index contributed by atoms with van der Waals surface area (Å²) in [5, 5.41) is 0. The van der Waals surface area contributed by atoms with Gasteiger partial charge in [0.15, 0.2) is 0 Å². The zero-order chi connectivity index (χ0) is 14.7. The average Bonchev–Trinajstić information content (AvgIpc) is 2.54. The molecule has 0 radical (unpaired) electrons. The Morgan fingerprint density at radius 3 is 2.76 bits per heavy atom. The molecule has 0 amide bonds. The van der Waals surface area contributed by atoms with Gasteiger partial charge in [0.05, 0.1) is 12.7 Å². The van der Waals surface area contributed by atoms with Gasteiger partial charge in [0.25, 0.3) is 0 Å². The summed E-state index contributed by atoms with van der Waals surface area (Å²) in [7, 11) is 1.40. The molecule has 4 heteroatoms. The number of rotatable bonds is 3. The number of aryl methyl sites for hydroxylation is 1. The third-order valence-corrected chi connectivity index (χ3v) is 3.76. The predicted molar refractivity (Wildman–Crippen MR) is 78.5 cm³/mol. The lowest BCUT2D eigenvalue weighted by atomic mass is 9.88. The number of fused-ring (bicyclic) bond motifs is 1. The van der Waals surface area contributed by atoms with Gasteiger partial charge >= 0.3 is 5.97 Å². The molecular weight excluding hydrogens is 266 g/mol. The van der Waals surface area contributed by atoms with Gasteiger partial charge in [0, 0.05) is 18.8 Å². The van der Waals surface area contributed by atoms with Crippen LogP contribution in [-0.2, 0) is 17.6 Å². The molecule has 1 aromatic heterocycles. The third-order valence-electron chi connectivity index (χ3n) is 3.76. The molecule has 0 saturated heterocycles. The van der Waals surface area contributed by atoms with E-state index < -0.39 is 0 Å². The quantitative estimate of drug-likeness (QED) is 0.813. The molecular formula is C17H17NO3. The van der Waals surface area contributed by atoms with Crippen molar-refractivity contribution in [2.75, 3.05) is 7.11 Å². The minimum Gasteiger partial charge on any atom is -0.490 e. The fourth-order valence-electron chi connectivity index (χ4n) is 2.68. The van der Waals surface area contributed by atoms with Crippen molar-refractivity contribution in [2.45, 2.75) is 25.4 Å². The van der Waals surface area contributed by atoms with Gasteiger partial charge < -0.3 is 9.47 Å². The summed E-state index contributed by atoms with van der Waals surface area (Å²) in [6, 6.07) is 9.50. The average molecular weight is 283 g/mol. The number of benzene rings is 1. The van der Waals surface area contributed by atoms with Crippen molar-refractivity contribution >= 4 is 5.97 Å². The van der Waals surface area contributed by atoms with Crippen LogP contribution in [0.15, 0.2) is 42.7 Å². The maximum Gasteiger partial charge on any atom is 0.337 e. The highest BCUT2D eigenvalue weighted by atomic mass is 16.5. The van der Waals surface area contributed by atoms with Crippen LogP contribution in [-0.4, -0.2) is 24.2 Å². The minimum atomic E-state index is -0.284. The molecule has 1 atom stereocenters. The van der Waals surface area contributed by atoms with Crippen LogP contribution in [0.1, 0.15) is 27.9 Å². The zero-order valence-corrected chi connectivity index (χ0v) is 11.9. The largest absolute Gasteiger partial charge is 0.490 e. The SMILES string of the molecule is COC(=O)c1ccc2c(c1)CCC(Oc1ccncc1)C2. The molecule has 0 aliphatic heterocycles. The Morgan fingerprint density at radius 1 is 1.19 bits per heavy atom. The van der Waals surface area contributed by atoms with Gasteiger partial charge in [-0.3, -0.25) is 4.98 Å². The lowest BCUT2D eigenvalue weighted by Crippen LogP contribution is -2.25. The van der Waals surface area contributed by atoms with Crippen molar-refractivity contribution in [1.82, 2.24) is 4.98 Å². The Bertz CT molecular complexity index is 640. The van der Waals surface area contributed by atoms with Crippen molar-refractivity contribution in [1.29, 1.82) is 0 Å². The third kappa shape index (κ3) is 3.05. The normalized spacial score (nSPS) is 16.9. The number of pyridine rings is 1.